The van der Waals surface area contributed by atoms with E-state index < -0.39 is 0 Å². The van der Waals surface area contributed by atoms with E-state index in [9.17, 15) is 24.3 Å². The van der Waals surface area contributed by atoms with Crippen LogP contribution in [0.4, 0.5) is 0 Å². The molecule has 0 saturated carbocycles. The molecule has 7 aromatic rings. The van der Waals surface area contributed by atoms with Gasteiger partial charge in [0.2, 0.25) is 0 Å². The van der Waals surface area contributed by atoms with Crippen LogP contribution in [-0.4, -0.2) is 60.6 Å². The van der Waals surface area contributed by atoms with Gasteiger partial charge in [0.25, 0.3) is 23.6 Å². The number of hydrogen-bond acceptors (Lipinski definition) is 6. The van der Waals surface area contributed by atoms with Crippen LogP contribution in [0.25, 0.3) is 21.8 Å². The molecule has 2 aliphatic rings. The number of nitrogens with one attached hydrogen (secondary N) is 2. The molecule has 0 bridgehead atoms. The third-order valence-electron chi connectivity index (χ3n) is 10.3. The van der Waals surface area contributed by atoms with Crippen LogP contribution in [-0.2, 0) is 19.4 Å². The maximum atomic E-state index is 12.8. The van der Waals surface area contributed by atoms with Crippen LogP contribution in [0, 0.1) is 0 Å². The smallest absolute Gasteiger partial charge is 0.261 e. The molecule has 2 aromatic heterocycles. The first kappa shape index (κ1) is 35.1. The van der Waals surface area contributed by atoms with Gasteiger partial charge < -0.3 is 19.8 Å². The van der Waals surface area contributed by atoms with E-state index in [1.165, 1.54) is 9.80 Å². The van der Waals surface area contributed by atoms with Crippen molar-refractivity contribution in [3.05, 3.63) is 167 Å². The SMILES string of the molecule is C[C@H](Cc1c[nH]c2c(O)cccc12)N1C(=O)c2ccccc2C1=O.C[C@H](Cc1c[nH]c2c(OCc3ccccc3)cccc12)N1C(=O)c2ccccc2C1=O. The first-order valence-corrected chi connectivity index (χ1v) is 18.2. The van der Waals surface area contributed by atoms with E-state index in [0.29, 0.717) is 47.2 Å². The number of amides is 4. The standard InChI is InChI=1S/C26H22N2O3.C19H16N2O3/c1-17(28-25(29)21-10-5-6-11-22(21)26(28)30)14-19-15-27-24-20(19)12-7-13-23(24)31-16-18-8-3-2-4-9-18;1-11(9-12-10-20-17-13(12)7-4-8-16(17)22)21-18(23)14-5-2-3-6-15(14)19(21)24/h2-13,15,17,27H,14,16H2,1H3;2-8,10-11,20,22H,9H2,1H3/t17-;11-/m11/s1. The van der Waals surface area contributed by atoms with Crippen LogP contribution in [0.15, 0.2) is 128 Å². The molecule has 10 heteroatoms. The molecule has 3 N–H and O–H groups in total. The fourth-order valence-corrected chi connectivity index (χ4v) is 7.61. The number of aromatic hydroxyl groups is 1. The Balaban J connectivity index is 0.000000160. The van der Waals surface area contributed by atoms with Gasteiger partial charge in [-0.25, -0.2) is 0 Å². The Labute approximate surface area is 317 Å². The van der Waals surface area contributed by atoms with Gasteiger partial charge in [-0.1, -0.05) is 78.9 Å². The number of aromatic nitrogens is 2. The number of carbonyl (C=O) groups excluding carboxylic acids is 4. The average molecular weight is 731 g/mol. The lowest BCUT2D eigenvalue weighted by Crippen LogP contribution is -2.39. The number of carbonyl (C=O) groups is 4. The summed E-state index contributed by atoms with van der Waals surface area (Å²) in [6.07, 6.45) is 4.84. The summed E-state index contributed by atoms with van der Waals surface area (Å²) in [6.45, 7) is 4.26. The Morgan fingerprint density at radius 3 is 1.49 bits per heavy atom. The van der Waals surface area contributed by atoms with E-state index >= 15 is 0 Å². The van der Waals surface area contributed by atoms with Crippen molar-refractivity contribution in [3.63, 3.8) is 0 Å². The fourth-order valence-electron chi connectivity index (χ4n) is 7.61. The Bertz CT molecular complexity index is 2540. The number of nitrogens with zero attached hydrogens (tertiary/aromatic N) is 2. The summed E-state index contributed by atoms with van der Waals surface area (Å²) in [4.78, 5) is 59.8. The van der Waals surface area contributed by atoms with E-state index in [1.807, 2.05) is 80.8 Å². The second kappa shape index (κ2) is 14.5. The second-order valence-electron chi connectivity index (χ2n) is 13.9. The minimum atomic E-state index is -0.279. The number of aromatic amines is 2. The molecule has 0 unspecified atom stereocenters. The summed E-state index contributed by atoms with van der Waals surface area (Å²) in [5.74, 6) is 0.0318. The highest BCUT2D eigenvalue weighted by atomic mass is 16.5. The van der Waals surface area contributed by atoms with Crippen LogP contribution in [0.1, 0.15) is 72.0 Å². The monoisotopic (exact) mass is 730 g/mol. The van der Waals surface area contributed by atoms with Crippen LogP contribution < -0.4 is 4.74 Å². The van der Waals surface area contributed by atoms with Crippen molar-refractivity contribution >= 4 is 45.4 Å². The lowest BCUT2D eigenvalue weighted by Gasteiger charge is -2.22. The molecule has 0 radical (unpaired) electrons. The van der Waals surface area contributed by atoms with Crippen molar-refractivity contribution in [1.29, 1.82) is 0 Å². The quantitative estimate of drug-likeness (QED) is 0.129. The van der Waals surface area contributed by atoms with Gasteiger partial charge in [-0.15, -0.1) is 0 Å². The third-order valence-corrected chi connectivity index (χ3v) is 10.3. The third kappa shape index (κ3) is 6.41. The van der Waals surface area contributed by atoms with Crippen molar-refractivity contribution in [1.82, 2.24) is 19.8 Å². The highest BCUT2D eigenvalue weighted by Gasteiger charge is 2.39. The minimum Gasteiger partial charge on any atom is -0.506 e. The van der Waals surface area contributed by atoms with Crippen molar-refractivity contribution in [2.75, 3.05) is 0 Å². The molecule has 0 spiro atoms. The molecular weight excluding hydrogens is 693 g/mol. The summed E-state index contributed by atoms with van der Waals surface area (Å²) in [5.41, 5.74) is 6.59. The zero-order valence-electron chi connectivity index (χ0n) is 30.3. The first-order chi connectivity index (χ1) is 26.7. The highest BCUT2D eigenvalue weighted by Crippen LogP contribution is 2.32. The molecule has 5 aromatic carbocycles. The largest absolute Gasteiger partial charge is 0.506 e. The zero-order chi connectivity index (χ0) is 38.2. The van der Waals surface area contributed by atoms with Gasteiger partial charge in [0.15, 0.2) is 0 Å². The van der Waals surface area contributed by atoms with Crippen molar-refractivity contribution < 1.29 is 29.0 Å². The van der Waals surface area contributed by atoms with Crippen LogP contribution >= 0.6 is 0 Å². The van der Waals surface area contributed by atoms with Gasteiger partial charge in [-0.3, -0.25) is 29.0 Å². The molecule has 4 heterocycles. The maximum Gasteiger partial charge on any atom is 0.261 e. The number of benzene rings is 5. The van der Waals surface area contributed by atoms with Gasteiger partial charge in [-0.05, 0) is 79.8 Å². The number of rotatable bonds is 9. The Hall–Kier alpha value is -6.94. The topological polar surface area (TPSA) is 136 Å². The number of fused-ring (bicyclic) bond motifs is 4. The lowest BCUT2D eigenvalue weighted by molar-refractivity contribution is 0.0580. The second-order valence-corrected chi connectivity index (χ2v) is 13.9. The molecule has 0 saturated heterocycles. The molecule has 2 aliphatic heterocycles. The Morgan fingerprint density at radius 1 is 0.545 bits per heavy atom. The number of phenols is 1. The molecule has 0 aliphatic carbocycles. The average Bonchev–Trinajstić information content (AvgIpc) is 3.94. The van der Waals surface area contributed by atoms with Gasteiger partial charge in [0.05, 0.1) is 33.3 Å². The number of imide groups is 2. The van der Waals surface area contributed by atoms with E-state index in [0.717, 1.165) is 38.7 Å². The highest BCUT2D eigenvalue weighted by molar-refractivity contribution is 6.22. The van der Waals surface area contributed by atoms with Crippen molar-refractivity contribution in [3.8, 4) is 11.5 Å². The number of hydrogen-bond donors (Lipinski definition) is 3. The number of ether oxygens (including phenoxy) is 1. The van der Waals surface area contributed by atoms with E-state index in [-0.39, 0.29) is 41.5 Å². The van der Waals surface area contributed by atoms with E-state index in [2.05, 4.69) is 9.97 Å². The van der Waals surface area contributed by atoms with E-state index in [4.69, 9.17) is 4.74 Å². The van der Waals surface area contributed by atoms with E-state index in [1.54, 1.807) is 60.7 Å². The molecule has 0 fully saturated rings. The van der Waals surface area contributed by atoms with Gasteiger partial charge >= 0.3 is 0 Å². The van der Waals surface area contributed by atoms with Crippen molar-refractivity contribution in [2.24, 2.45) is 0 Å². The molecule has 4 amide bonds. The van der Waals surface area contributed by atoms with Gasteiger partial charge in [0, 0.05) is 35.2 Å². The molecule has 274 valence electrons. The predicted octanol–water partition coefficient (Wildman–Crippen LogP) is 8.07. The predicted molar refractivity (Wildman–Crippen MR) is 209 cm³/mol. The summed E-state index contributed by atoms with van der Waals surface area (Å²) in [5, 5.41) is 11.8. The normalized spacial score (nSPS) is 14.6. The fraction of sp³-hybridized carbons (Fsp3) is 0.156. The van der Waals surface area contributed by atoms with Gasteiger partial charge in [0.1, 0.15) is 18.1 Å². The maximum absolute atomic E-state index is 12.8. The van der Waals surface area contributed by atoms with Crippen LogP contribution in [0.2, 0.25) is 0 Å². The lowest BCUT2D eigenvalue weighted by atomic mass is 10.0. The molecular formula is C45H38N4O6. The van der Waals surface area contributed by atoms with Gasteiger partial charge in [-0.2, -0.15) is 0 Å². The van der Waals surface area contributed by atoms with Crippen molar-refractivity contribution in [2.45, 2.75) is 45.4 Å². The summed E-state index contributed by atoms with van der Waals surface area (Å²) < 4.78 is 6.05. The van der Waals surface area contributed by atoms with Crippen LogP contribution in [0.3, 0.4) is 0 Å². The first-order valence-electron chi connectivity index (χ1n) is 18.2. The summed E-state index contributed by atoms with van der Waals surface area (Å²) in [7, 11) is 0. The summed E-state index contributed by atoms with van der Waals surface area (Å²) in [6, 6.07) is 34.6. The molecule has 55 heavy (non-hydrogen) atoms. The molecule has 2 atom stereocenters. The van der Waals surface area contributed by atoms with Crippen LogP contribution in [0.5, 0.6) is 11.5 Å². The Kier molecular flexibility index (Phi) is 9.24. The molecule has 9 rings (SSSR count). The number of phenolic OH excluding ortho intramolecular Hbond substituents is 1. The summed E-state index contributed by atoms with van der Waals surface area (Å²) >= 11 is 0. The molecule has 10 nitrogen and oxygen atoms in total. The Morgan fingerprint density at radius 2 is 0.982 bits per heavy atom. The number of para-hydroxylation sites is 2. The number of H-pyrrole nitrogens is 2. The minimum absolute atomic E-state index is 0.187. The zero-order valence-corrected chi connectivity index (χ0v) is 30.3.